The minimum Gasteiger partial charge on any atom is -0.260 e. The maximum Gasteiger partial charge on any atom is 0.0647 e. The molecule has 3 nitrogen and oxygen atoms in total. The van der Waals surface area contributed by atoms with Gasteiger partial charge in [0.15, 0.2) is 0 Å². The van der Waals surface area contributed by atoms with Crippen LogP contribution in [0.3, 0.4) is 0 Å². The molecule has 1 aromatic rings. The Morgan fingerprint density at radius 1 is 1.45 bits per heavy atom. The predicted octanol–water partition coefficient (Wildman–Crippen LogP) is 0.621. The lowest BCUT2D eigenvalue weighted by Gasteiger charge is -2.06. The minimum absolute atomic E-state index is 0.399. The summed E-state index contributed by atoms with van der Waals surface area (Å²) in [6.45, 7) is 1.03. The van der Waals surface area contributed by atoms with E-state index in [-0.39, 0.29) is 0 Å². The molecule has 0 aliphatic carbocycles. The van der Waals surface area contributed by atoms with Gasteiger partial charge in [0.1, 0.15) is 0 Å². The number of nitrogens with one attached hydrogen (secondary N) is 2. The number of pyridine rings is 1. The molecule has 0 spiro atoms. The second-order valence-corrected chi connectivity index (χ2v) is 2.67. The molecule has 0 saturated carbocycles. The summed E-state index contributed by atoms with van der Waals surface area (Å²) in [4.78, 5) is 4.26. The van der Waals surface area contributed by atoms with E-state index in [2.05, 4.69) is 15.8 Å². The van der Waals surface area contributed by atoms with Gasteiger partial charge in [0.05, 0.1) is 11.7 Å². The lowest BCUT2D eigenvalue weighted by Crippen LogP contribution is -2.25. The molecule has 0 amide bonds. The monoisotopic (exact) mass is 149 g/mol. The van der Waals surface area contributed by atoms with Crippen LogP contribution >= 0.6 is 0 Å². The van der Waals surface area contributed by atoms with Gasteiger partial charge in [0, 0.05) is 12.7 Å². The summed E-state index contributed by atoms with van der Waals surface area (Å²) in [7, 11) is 0. The first-order valence-corrected chi connectivity index (χ1v) is 3.86. The summed E-state index contributed by atoms with van der Waals surface area (Å²) in [5.74, 6) is 0. The van der Waals surface area contributed by atoms with Crippen LogP contribution in [-0.4, -0.2) is 11.5 Å². The highest BCUT2D eigenvalue weighted by Crippen LogP contribution is 2.14. The van der Waals surface area contributed by atoms with E-state index in [1.807, 2.05) is 24.4 Å². The summed E-state index contributed by atoms with van der Waals surface area (Å²) in [5.41, 5.74) is 7.36. The maximum atomic E-state index is 4.26. The molecule has 2 heterocycles. The molecule has 3 heteroatoms. The van der Waals surface area contributed by atoms with Crippen molar-refractivity contribution in [2.24, 2.45) is 0 Å². The normalized spacial score (nSPS) is 23.8. The highest BCUT2D eigenvalue weighted by atomic mass is 15.4. The quantitative estimate of drug-likeness (QED) is 0.614. The minimum atomic E-state index is 0.399. The van der Waals surface area contributed by atoms with Crippen molar-refractivity contribution in [1.29, 1.82) is 0 Å². The third kappa shape index (κ3) is 1.39. The number of rotatable bonds is 1. The summed E-state index contributed by atoms with van der Waals surface area (Å²) in [6, 6.07) is 6.40. The molecule has 1 saturated heterocycles. The number of hydrogen-bond donors (Lipinski definition) is 2. The third-order valence-corrected chi connectivity index (χ3v) is 1.88. The van der Waals surface area contributed by atoms with Gasteiger partial charge in [-0.05, 0) is 18.6 Å². The predicted molar refractivity (Wildman–Crippen MR) is 42.7 cm³/mol. The highest BCUT2D eigenvalue weighted by Gasteiger charge is 2.15. The van der Waals surface area contributed by atoms with E-state index in [9.17, 15) is 0 Å². The van der Waals surface area contributed by atoms with E-state index < -0.39 is 0 Å². The van der Waals surface area contributed by atoms with E-state index >= 15 is 0 Å². The summed E-state index contributed by atoms with van der Waals surface area (Å²) >= 11 is 0. The Balaban J connectivity index is 2.16. The number of nitrogens with zero attached hydrogens (tertiary/aromatic N) is 1. The van der Waals surface area contributed by atoms with E-state index in [0.29, 0.717) is 6.04 Å². The van der Waals surface area contributed by atoms with Crippen molar-refractivity contribution in [3.63, 3.8) is 0 Å². The SMILES string of the molecule is c1ccc(C2CCNN2)nc1. The fraction of sp³-hybridized carbons (Fsp3) is 0.375. The van der Waals surface area contributed by atoms with E-state index in [1.165, 1.54) is 0 Å². The van der Waals surface area contributed by atoms with Crippen LogP contribution in [0.4, 0.5) is 0 Å². The molecular weight excluding hydrogens is 138 g/mol. The van der Waals surface area contributed by atoms with Crippen LogP contribution in [0.5, 0.6) is 0 Å². The molecule has 1 aliphatic heterocycles. The number of hydrazine groups is 1. The van der Waals surface area contributed by atoms with Crippen LogP contribution < -0.4 is 10.9 Å². The molecule has 1 fully saturated rings. The number of aromatic nitrogens is 1. The van der Waals surface area contributed by atoms with E-state index in [0.717, 1.165) is 18.7 Å². The van der Waals surface area contributed by atoms with E-state index in [1.54, 1.807) is 0 Å². The van der Waals surface area contributed by atoms with Gasteiger partial charge >= 0.3 is 0 Å². The molecule has 2 N–H and O–H groups in total. The molecule has 58 valence electrons. The van der Waals surface area contributed by atoms with Gasteiger partial charge in [-0.3, -0.25) is 10.4 Å². The number of hydrogen-bond acceptors (Lipinski definition) is 3. The molecule has 1 aliphatic rings. The molecule has 1 aromatic heterocycles. The first kappa shape index (κ1) is 6.76. The van der Waals surface area contributed by atoms with Crippen LogP contribution in [0.15, 0.2) is 24.4 Å². The Hall–Kier alpha value is -0.930. The Morgan fingerprint density at radius 2 is 2.45 bits per heavy atom. The van der Waals surface area contributed by atoms with Crippen LogP contribution in [0.2, 0.25) is 0 Å². The summed E-state index contributed by atoms with van der Waals surface area (Å²) < 4.78 is 0. The smallest absolute Gasteiger partial charge is 0.0647 e. The zero-order valence-corrected chi connectivity index (χ0v) is 6.25. The van der Waals surface area contributed by atoms with Gasteiger partial charge < -0.3 is 0 Å². The first-order valence-electron chi connectivity index (χ1n) is 3.86. The molecule has 0 radical (unpaired) electrons. The molecule has 0 bridgehead atoms. The van der Waals surface area contributed by atoms with Crippen LogP contribution in [-0.2, 0) is 0 Å². The van der Waals surface area contributed by atoms with Gasteiger partial charge in [-0.25, -0.2) is 5.43 Å². The van der Waals surface area contributed by atoms with Crippen molar-refractivity contribution in [2.45, 2.75) is 12.5 Å². The van der Waals surface area contributed by atoms with Crippen molar-refractivity contribution >= 4 is 0 Å². The second kappa shape index (κ2) is 2.98. The van der Waals surface area contributed by atoms with Crippen LogP contribution in [0, 0.1) is 0 Å². The van der Waals surface area contributed by atoms with Crippen molar-refractivity contribution in [1.82, 2.24) is 15.8 Å². The van der Waals surface area contributed by atoms with Gasteiger partial charge in [-0.2, -0.15) is 0 Å². The first-order chi connectivity index (χ1) is 5.47. The zero-order chi connectivity index (χ0) is 7.52. The second-order valence-electron chi connectivity index (χ2n) is 2.67. The Morgan fingerprint density at radius 3 is 3.09 bits per heavy atom. The fourth-order valence-corrected chi connectivity index (χ4v) is 1.29. The average Bonchev–Trinajstić information content (AvgIpc) is 2.58. The van der Waals surface area contributed by atoms with Crippen molar-refractivity contribution in [2.75, 3.05) is 6.54 Å². The zero-order valence-electron chi connectivity index (χ0n) is 6.25. The lowest BCUT2D eigenvalue weighted by molar-refractivity contribution is 0.568. The Labute approximate surface area is 65.8 Å². The Bertz CT molecular complexity index is 216. The Kier molecular flexibility index (Phi) is 1.83. The highest BCUT2D eigenvalue weighted by molar-refractivity contribution is 5.09. The summed E-state index contributed by atoms with van der Waals surface area (Å²) in [6.07, 6.45) is 2.95. The van der Waals surface area contributed by atoms with E-state index in [4.69, 9.17) is 0 Å². The molecule has 1 unspecified atom stereocenters. The van der Waals surface area contributed by atoms with Crippen LogP contribution in [0.25, 0.3) is 0 Å². The van der Waals surface area contributed by atoms with Crippen molar-refractivity contribution in [3.8, 4) is 0 Å². The lowest BCUT2D eigenvalue weighted by atomic mass is 10.1. The topological polar surface area (TPSA) is 37.0 Å². The molecule has 11 heavy (non-hydrogen) atoms. The molecular formula is C8H11N3. The van der Waals surface area contributed by atoms with Gasteiger partial charge in [-0.15, -0.1) is 0 Å². The molecule has 1 atom stereocenters. The third-order valence-electron chi connectivity index (χ3n) is 1.88. The fourth-order valence-electron chi connectivity index (χ4n) is 1.29. The largest absolute Gasteiger partial charge is 0.260 e. The summed E-state index contributed by atoms with van der Waals surface area (Å²) in [5, 5.41) is 0. The standard InChI is InChI=1S/C8H11N3/c1-2-5-9-7(3-1)8-4-6-10-11-8/h1-3,5,8,10-11H,4,6H2. The van der Waals surface area contributed by atoms with Gasteiger partial charge in [0.2, 0.25) is 0 Å². The van der Waals surface area contributed by atoms with Gasteiger partial charge in [0.25, 0.3) is 0 Å². The maximum absolute atomic E-state index is 4.26. The average molecular weight is 149 g/mol. The molecule has 2 rings (SSSR count). The molecule has 0 aromatic carbocycles. The van der Waals surface area contributed by atoms with Crippen LogP contribution in [0.1, 0.15) is 18.2 Å². The van der Waals surface area contributed by atoms with Crippen molar-refractivity contribution < 1.29 is 0 Å². The van der Waals surface area contributed by atoms with Gasteiger partial charge in [-0.1, -0.05) is 6.07 Å². The van der Waals surface area contributed by atoms with Crippen molar-refractivity contribution in [3.05, 3.63) is 30.1 Å².